The summed E-state index contributed by atoms with van der Waals surface area (Å²) in [4.78, 5) is 0. The standard InChI is InChI=1S/C41H82O3P/c1-6-8-10-12-14-16-18-20-22-24-26-28-30-32-34-36-38-42-45(44-40-41(3,4)5)43-39-37-35-33-31-29-27-25-23-21-19-17-15-13-11-9-7-2/h3,6-39H2,1-2,4-5H3. The Kier molecular flexibility index (Phi) is 37.4. The molecule has 0 aromatic carbocycles. The van der Waals surface area contributed by atoms with Gasteiger partial charge in [-0.1, -0.05) is 220 Å². The minimum absolute atomic E-state index is 0.365. The van der Waals surface area contributed by atoms with Crippen LogP contribution in [0.25, 0.3) is 0 Å². The maximum atomic E-state index is 6.02. The van der Waals surface area contributed by atoms with Gasteiger partial charge >= 0.3 is 8.60 Å². The summed E-state index contributed by atoms with van der Waals surface area (Å²) >= 11 is 0. The highest BCUT2D eigenvalue weighted by Crippen LogP contribution is 2.43. The zero-order valence-corrected chi connectivity index (χ0v) is 32.3. The molecule has 3 nitrogen and oxygen atoms in total. The molecule has 0 bridgehead atoms. The normalized spacial score (nSPS) is 12.1. The molecule has 0 amide bonds. The summed E-state index contributed by atoms with van der Waals surface area (Å²) in [5, 5.41) is 0. The first-order chi connectivity index (χ1) is 22.0. The van der Waals surface area contributed by atoms with Crippen LogP contribution >= 0.6 is 8.60 Å². The van der Waals surface area contributed by atoms with E-state index >= 15 is 0 Å². The Labute approximate surface area is 286 Å². The Balaban J connectivity index is 3.62. The molecule has 0 atom stereocenters. The lowest BCUT2D eigenvalue weighted by molar-refractivity contribution is 0.160. The highest BCUT2D eigenvalue weighted by atomic mass is 31.2. The summed E-state index contributed by atoms with van der Waals surface area (Å²) in [5.74, 6) is 0. The summed E-state index contributed by atoms with van der Waals surface area (Å²) in [6.45, 7) is 17.1. The van der Waals surface area contributed by atoms with Crippen molar-refractivity contribution < 1.29 is 13.6 Å². The summed E-state index contributed by atoms with van der Waals surface area (Å²) in [6.07, 6.45) is 44.2. The van der Waals surface area contributed by atoms with E-state index in [1.54, 1.807) is 0 Å². The molecular formula is C41H82O3P. The third-order valence-electron chi connectivity index (χ3n) is 8.79. The zero-order valence-electron chi connectivity index (χ0n) is 31.4. The second-order valence-electron chi connectivity index (χ2n) is 14.6. The van der Waals surface area contributed by atoms with Gasteiger partial charge in [-0.25, -0.2) is 0 Å². The van der Waals surface area contributed by atoms with Crippen molar-refractivity contribution >= 4 is 8.60 Å². The van der Waals surface area contributed by atoms with Crippen LogP contribution in [0.15, 0.2) is 0 Å². The highest BCUT2D eigenvalue weighted by molar-refractivity contribution is 7.41. The van der Waals surface area contributed by atoms with Gasteiger partial charge in [-0.3, -0.25) is 4.52 Å². The average molecular weight is 654 g/mol. The number of hydrogen-bond acceptors (Lipinski definition) is 3. The van der Waals surface area contributed by atoms with E-state index in [0.717, 1.165) is 12.8 Å². The van der Waals surface area contributed by atoms with E-state index in [4.69, 9.17) is 13.6 Å². The van der Waals surface area contributed by atoms with Gasteiger partial charge in [0.2, 0.25) is 0 Å². The maximum Gasteiger partial charge on any atom is 0.333 e. The monoisotopic (exact) mass is 654 g/mol. The van der Waals surface area contributed by atoms with E-state index in [2.05, 4.69) is 27.4 Å². The molecule has 0 heterocycles. The van der Waals surface area contributed by atoms with Gasteiger partial charge in [-0.15, -0.1) is 0 Å². The van der Waals surface area contributed by atoms with E-state index in [0.29, 0.717) is 13.2 Å². The number of hydrogen-bond donors (Lipinski definition) is 0. The molecule has 0 rings (SSSR count). The molecule has 0 aromatic rings. The van der Waals surface area contributed by atoms with Crippen LogP contribution in [-0.2, 0) is 13.6 Å². The highest BCUT2D eigenvalue weighted by Gasteiger charge is 2.20. The van der Waals surface area contributed by atoms with Crippen LogP contribution in [0.4, 0.5) is 0 Å². The van der Waals surface area contributed by atoms with Crippen LogP contribution in [0.2, 0.25) is 0 Å². The van der Waals surface area contributed by atoms with E-state index in [1.165, 1.54) is 193 Å². The summed E-state index contributed by atoms with van der Waals surface area (Å²) in [6, 6.07) is 0. The van der Waals surface area contributed by atoms with Gasteiger partial charge in [-0.05, 0) is 19.8 Å². The quantitative estimate of drug-likeness (QED) is 0.0488. The van der Waals surface area contributed by atoms with Gasteiger partial charge in [0, 0.05) is 5.41 Å². The van der Waals surface area contributed by atoms with Crippen molar-refractivity contribution in [1.82, 2.24) is 0 Å². The van der Waals surface area contributed by atoms with Gasteiger partial charge in [0.15, 0.2) is 0 Å². The molecule has 0 aliphatic carbocycles. The summed E-state index contributed by atoms with van der Waals surface area (Å²) in [7, 11) is -1.36. The first kappa shape index (κ1) is 45.3. The Morgan fingerprint density at radius 2 is 0.622 bits per heavy atom. The molecule has 45 heavy (non-hydrogen) atoms. The number of rotatable bonds is 39. The zero-order chi connectivity index (χ0) is 32.9. The van der Waals surface area contributed by atoms with Crippen LogP contribution < -0.4 is 0 Å². The topological polar surface area (TPSA) is 27.7 Å². The molecule has 0 saturated carbocycles. The van der Waals surface area contributed by atoms with Crippen molar-refractivity contribution in [3.8, 4) is 0 Å². The van der Waals surface area contributed by atoms with Crippen molar-refractivity contribution in [2.75, 3.05) is 13.2 Å². The first-order valence-electron chi connectivity index (χ1n) is 20.3. The minimum Gasteiger partial charge on any atom is -0.312 e. The van der Waals surface area contributed by atoms with Crippen molar-refractivity contribution in [2.24, 2.45) is 5.41 Å². The second-order valence-corrected chi connectivity index (χ2v) is 15.7. The van der Waals surface area contributed by atoms with Crippen molar-refractivity contribution in [3.63, 3.8) is 0 Å². The fourth-order valence-corrected chi connectivity index (χ4v) is 6.89. The second kappa shape index (κ2) is 37.1. The summed E-state index contributed by atoms with van der Waals surface area (Å²) in [5.41, 5.74) is -0.365. The molecule has 269 valence electrons. The van der Waals surface area contributed by atoms with Crippen LogP contribution in [0.1, 0.15) is 233 Å². The van der Waals surface area contributed by atoms with Crippen LogP contribution in [-0.4, -0.2) is 13.2 Å². The minimum atomic E-state index is -1.36. The molecule has 0 aromatic heterocycles. The molecule has 4 heteroatoms. The molecule has 0 spiro atoms. The Morgan fingerprint density at radius 3 is 0.844 bits per heavy atom. The molecule has 0 N–H and O–H groups in total. The molecule has 0 fully saturated rings. The van der Waals surface area contributed by atoms with Gasteiger partial charge in [0.05, 0.1) is 13.2 Å². The van der Waals surface area contributed by atoms with Gasteiger partial charge in [0.1, 0.15) is 6.61 Å². The third-order valence-corrected chi connectivity index (χ3v) is 9.81. The fraction of sp³-hybridized carbons (Fsp3) is 0.951. The smallest absolute Gasteiger partial charge is 0.312 e. The Bertz CT molecular complexity index is 497. The van der Waals surface area contributed by atoms with Gasteiger partial charge in [-0.2, -0.15) is 0 Å². The predicted molar refractivity (Wildman–Crippen MR) is 201 cm³/mol. The fourth-order valence-electron chi connectivity index (χ4n) is 5.83. The summed E-state index contributed by atoms with van der Waals surface area (Å²) < 4.78 is 17.8. The lowest BCUT2D eigenvalue weighted by Gasteiger charge is -2.21. The number of unbranched alkanes of at least 4 members (excludes halogenated alkanes) is 30. The Morgan fingerprint density at radius 1 is 0.400 bits per heavy atom. The van der Waals surface area contributed by atoms with Crippen molar-refractivity contribution in [3.05, 3.63) is 13.5 Å². The average Bonchev–Trinajstić information content (AvgIpc) is 3.02. The van der Waals surface area contributed by atoms with Crippen LogP contribution in [0, 0.1) is 18.9 Å². The van der Waals surface area contributed by atoms with Gasteiger partial charge < -0.3 is 9.05 Å². The molecular weight excluding hydrogens is 571 g/mol. The lowest BCUT2D eigenvalue weighted by atomic mass is 9.99. The van der Waals surface area contributed by atoms with Crippen molar-refractivity contribution in [2.45, 2.75) is 233 Å². The van der Waals surface area contributed by atoms with Crippen molar-refractivity contribution in [1.29, 1.82) is 0 Å². The van der Waals surface area contributed by atoms with Gasteiger partial charge in [0.25, 0.3) is 0 Å². The molecule has 0 saturated heterocycles. The van der Waals surface area contributed by atoms with E-state index in [9.17, 15) is 0 Å². The molecule has 3 radical (unpaired) electrons. The van der Waals surface area contributed by atoms with E-state index < -0.39 is 8.60 Å². The third kappa shape index (κ3) is 40.4. The largest absolute Gasteiger partial charge is 0.333 e. The lowest BCUT2D eigenvalue weighted by Crippen LogP contribution is -2.09. The van der Waals surface area contributed by atoms with Crippen LogP contribution in [0.5, 0.6) is 0 Å². The molecule has 0 unspecified atom stereocenters. The first-order valence-corrected chi connectivity index (χ1v) is 21.4. The SMILES string of the molecule is [CH2]C(C)(C)[C]OP(OCCCCCCCCCCCCCCCCCC)OCCCCCCCCCCCCCCCCCC. The van der Waals surface area contributed by atoms with E-state index in [1.807, 2.05) is 13.8 Å². The molecule has 0 aliphatic heterocycles. The predicted octanol–water partition coefficient (Wildman–Crippen LogP) is 15.7. The van der Waals surface area contributed by atoms with Crippen LogP contribution in [0.3, 0.4) is 0 Å². The van der Waals surface area contributed by atoms with E-state index in [-0.39, 0.29) is 5.41 Å². The maximum absolute atomic E-state index is 6.02. The Hall–Kier alpha value is 0.310. The molecule has 0 aliphatic rings.